The van der Waals surface area contributed by atoms with E-state index in [0.29, 0.717) is 5.75 Å². The van der Waals surface area contributed by atoms with Crippen LogP contribution in [0.15, 0.2) is 42.5 Å². The Morgan fingerprint density at radius 1 is 1.11 bits per heavy atom. The molecule has 2 heterocycles. The largest absolute Gasteiger partial charge is 0.484 e. The topological polar surface area (TPSA) is 81.4 Å². The van der Waals surface area contributed by atoms with Gasteiger partial charge in [-0.05, 0) is 56.7 Å². The molecule has 2 aromatic carbocycles. The fourth-order valence-electron chi connectivity index (χ4n) is 2.74. The number of amides is 1. The highest BCUT2D eigenvalue weighted by Gasteiger charge is 2.12. The molecule has 0 aliphatic carbocycles. The average molecular weight is 393 g/mol. The normalized spacial score (nSPS) is 11.0. The molecule has 0 fully saturated rings. The second-order valence-corrected chi connectivity index (χ2v) is 7.48. The summed E-state index contributed by atoms with van der Waals surface area (Å²) >= 11 is 1.48. The Balaban J connectivity index is 1.43. The summed E-state index contributed by atoms with van der Waals surface area (Å²) in [6.07, 6.45) is 0. The van der Waals surface area contributed by atoms with Gasteiger partial charge in [0.2, 0.25) is 4.96 Å². The van der Waals surface area contributed by atoms with Gasteiger partial charge in [0, 0.05) is 11.3 Å². The van der Waals surface area contributed by atoms with Crippen LogP contribution in [0.1, 0.15) is 17.0 Å². The number of anilines is 1. The van der Waals surface area contributed by atoms with Crippen LogP contribution < -0.4 is 10.1 Å². The lowest BCUT2D eigenvalue weighted by Gasteiger charge is -2.10. The van der Waals surface area contributed by atoms with Crippen molar-refractivity contribution < 1.29 is 9.53 Å². The van der Waals surface area contributed by atoms with Crippen molar-refractivity contribution in [2.24, 2.45) is 0 Å². The zero-order valence-corrected chi connectivity index (χ0v) is 16.6. The molecule has 0 radical (unpaired) electrons. The Morgan fingerprint density at radius 2 is 1.89 bits per heavy atom. The average Bonchev–Trinajstić information content (AvgIpc) is 3.25. The van der Waals surface area contributed by atoms with E-state index in [1.54, 1.807) is 4.52 Å². The quantitative estimate of drug-likeness (QED) is 0.558. The predicted molar refractivity (Wildman–Crippen MR) is 109 cm³/mol. The number of aromatic nitrogens is 4. The number of aryl methyl sites for hydroxylation is 3. The Kier molecular flexibility index (Phi) is 4.79. The molecule has 0 saturated heterocycles. The van der Waals surface area contributed by atoms with E-state index in [4.69, 9.17) is 4.74 Å². The standard InChI is InChI=1S/C20H19N5O2S/c1-12-4-7-16(8-5-12)27-11-18(26)21-17-9-6-15(10-13(17)2)19-24-25-14(3)22-23-20(25)28-19/h4-10H,11H2,1-3H3,(H,21,26). The van der Waals surface area contributed by atoms with Crippen molar-refractivity contribution in [1.82, 2.24) is 19.8 Å². The molecule has 28 heavy (non-hydrogen) atoms. The summed E-state index contributed by atoms with van der Waals surface area (Å²) in [6, 6.07) is 13.4. The van der Waals surface area contributed by atoms with E-state index in [9.17, 15) is 4.79 Å². The minimum atomic E-state index is -0.203. The second kappa shape index (κ2) is 7.40. The zero-order valence-electron chi connectivity index (χ0n) is 15.8. The van der Waals surface area contributed by atoms with Crippen LogP contribution in [0.5, 0.6) is 5.75 Å². The van der Waals surface area contributed by atoms with Gasteiger partial charge in [0.15, 0.2) is 12.4 Å². The van der Waals surface area contributed by atoms with Gasteiger partial charge < -0.3 is 10.1 Å². The summed E-state index contributed by atoms with van der Waals surface area (Å²) in [6.45, 7) is 5.78. The smallest absolute Gasteiger partial charge is 0.262 e. The van der Waals surface area contributed by atoms with E-state index >= 15 is 0 Å². The van der Waals surface area contributed by atoms with Crippen molar-refractivity contribution in [3.8, 4) is 16.3 Å². The van der Waals surface area contributed by atoms with Crippen molar-refractivity contribution in [3.63, 3.8) is 0 Å². The molecule has 4 aromatic rings. The molecule has 1 N–H and O–H groups in total. The molecule has 2 aromatic heterocycles. The summed E-state index contributed by atoms with van der Waals surface area (Å²) in [4.78, 5) is 13.0. The van der Waals surface area contributed by atoms with Crippen LogP contribution in [-0.2, 0) is 4.79 Å². The van der Waals surface area contributed by atoms with Gasteiger partial charge in [-0.25, -0.2) is 0 Å². The Labute approximate surface area is 166 Å². The lowest BCUT2D eigenvalue weighted by molar-refractivity contribution is -0.118. The van der Waals surface area contributed by atoms with E-state index in [1.165, 1.54) is 11.3 Å². The van der Waals surface area contributed by atoms with Gasteiger partial charge in [0.05, 0.1) is 0 Å². The molecule has 1 amide bonds. The summed E-state index contributed by atoms with van der Waals surface area (Å²) in [5.74, 6) is 1.23. The maximum Gasteiger partial charge on any atom is 0.262 e. The van der Waals surface area contributed by atoms with Gasteiger partial charge in [-0.15, -0.1) is 10.2 Å². The SMILES string of the molecule is Cc1ccc(OCC(=O)Nc2ccc(-c3nn4c(C)nnc4s3)cc2C)cc1. The first-order valence-electron chi connectivity index (χ1n) is 8.79. The third kappa shape index (κ3) is 3.72. The minimum Gasteiger partial charge on any atom is -0.484 e. The van der Waals surface area contributed by atoms with Crippen molar-refractivity contribution in [3.05, 3.63) is 59.4 Å². The van der Waals surface area contributed by atoms with Crippen molar-refractivity contribution in [2.75, 3.05) is 11.9 Å². The van der Waals surface area contributed by atoms with E-state index in [-0.39, 0.29) is 12.5 Å². The molecule has 0 aliphatic rings. The Morgan fingerprint density at radius 3 is 2.61 bits per heavy atom. The number of carbonyl (C=O) groups excluding carboxylic acids is 1. The van der Waals surface area contributed by atoms with Crippen LogP contribution >= 0.6 is 11.3 Å². The molecule has 0 unspecified atom stereocenters. The van der Waals surface area contributed by atoms with Crippen LogP contribution in [0, 0.1) is 20.8 Å². The summed E-state index contributed by atoms with van der Waals surface area (Å²) in [5.41, 5.74) is 3.82. The zero-order chi connectivity index (χ0) is 19.7. The fourth-order valence-corrected chi connectivity index (χ4v) is 3.62. The highest BCUT2D eigenvalue weighted by Crippen LogP contribution is 2.28. The number of rotatable bonds is 5. The van der Waals surface area contributed by atoms with Gasteiger partial charge in [-0.3, -0.25) is 4.79 Å². The van der Waals surface area contributed by atoms with Crippen LogP contribution in [0.4, 0.5) is 5.69 Å². The number of fused-ring (bicyclic) bond motifs is 1. The number of benzene rings is 2. The molecule has 8 heteroatoms. The molecule has 4 rings (SSSR count). The third-order valence-electron chi connectivity index (χ3n) is 4.29. The van der Waals surface area contributed by atoms with E-state index in [0.717, 1.165) is 38.2 Å². The predicted octanol–water partition coefficient (Wildman–Crippen LogP) is 3.80. The third-order valence-corrected chi connectivity index (χ3v) is 5.23. The molecular weight excluding hydrogens is 374 g/mol. The fraction of sp³-hybridized carbons (Fsp3) is 0.200. The number of carbonyl (C=O) groups is 1. The molecular formula is C20H19N5O2S. The Bertz CT molecular complexity index is 1150. The summed E-state index contributed by atoms with van der Waals surface area (Å²) < 4.78 is 7.26. The summed E-state index contributed by atoms with van der Waals surface area (Å²) in [7, 11) is 0. The first-order chi connectivity index (χ1) is 13.5. The molecule has 7 nitrogen and oxygen atoms in total. The van der Waals surface area contributed by atoms with Crippen molar-refractivity contribution in [2.45, 2.75) is 20.8 Å². The number of ether oxygens (including phenoxy) is 1. The van der Waals surface area contributed by atoms with Gasteiger partial charge in [-0.2, -0.15) is 9.61 Å². The number of nitrogens with zero attached hydrogens (tertiary/aromatic N) is 4. The first kappa shape index (κ1) is 18.1. The monoisotopic (exact) mass is 393 g/mol. The van der Waals surface area contributed by atoms with Crippen LogP contribution in [-0.4, -0.2) is 32.3 Å². The van der Waals surface area contributed by atoms with E-state index in [1.807, 2.05) is 63.2 Å². The van der Waals surface area contributed by atoms with Gasteiger partial charge in [-0.1, -0.05) is 29.0 Å². The molecule has 0 spiro atoms. The lowest BCUT2D eigenvalue weighted by Crippen LogP contribution is -2.20. The highest BCUT2D eigenvalue weighted by atomic mass is 32.1. The maximum absolute atomic E-state index is 12.2. The number of nitrogens with one attached hydrogen (secondary N) is 1. The molecule has 0 atom stereocenters. The van der Waals surface area contributed by atoms with Gasteiger partial charge in [0.1, 0.15) is 10.8 Å². The molecule has 0 aliphatic heterocycles. The van der Waals surface area contributed by atoms with Gasteiger partial charge in [0.25, 0.3) is 5.91 Å². The van der Waals surface area contributed by atoms with Crippen LogP contribution in [0.2, 0.25) is 0 Å². The minimum absolute atomic E-state index is 0.0415. The summed E-state index contributed by atoms with van der Waals surface area (Å²) in [5, 5.41) is 16.4. The van der Waals surface area contributed by atoms with Crippen LogP contribution in [0.3, 0.4) is 0 Å². The molecule has 0 bridgehead atoms. The van der Waals surface area contributed by atoms with E-state index < -0.39 is 0 Å². The second-order valence-electron chi connectivity index (χ2n) is 6.53. The molecule has 142 valence electrons. The van der Waals surface area contributed by atoms with E-state index in [2.05, 4.69) is 20.6 Å². The first-order valence-corrected chi connectivity index (χ1v) is 9.60. The van der Waals surface area contributed by atoms with Gasteiger partial charge >= 0.3 is 0 Å². The lowest BCUT2D eigenvalue weighted by atomic mass is 10.1. The number of hydrogen-bond donors (Lipinski definition) is 1. The maximum atomic E-state index is 12.2. The molecule has 0 saturated carbocycles. The Hall–Kier alpha value is -3.26. The highest BCUT2D eigenvalue weighted by molar-refractivity contribution is 7.19. The van der Waals surface area contributed by atoms with Crippen LogP contribution in [0.25, 0.3) is 15.5 Å². The number of hydrogen-bond acceptors (Lipinski definition) is 6. The van der Waals surface area contributed by atoms with Crippen molar-refractivity contribution in [1.29, 1.82) is 0 Å². The van der Waals surface area contributed by atoms with Crippen molar-refractivity contribution >= 4 is 27.9 Å².